The first-order valence-electron chi connectivity index (χ1n) is 6.56. The van der Waals surface area contributed by atoms with Gasteiger partial charge in [0, 0.05) is 5.92 Å². The lowest BCUT2D eigenvalue weighted by Gasteiger charge is -2.20. The number of aliphatic hydroxyl groups excluding tert-OH is 1. The molecule has 0 spiro atoms. The van der Waals surface area contributed by atoms with Gasteiger partial charge in [0.2, 0.25) is 0 Å². The molecule has 2 unspecified atom stereocenters. The lowest BCUT2D eigenvalue weighted by molar-refractivity contribution is 0.149. The third kappa shape index (κ3) is 3.42. The summed E-state index contributed by atoms with van der Waals surface area (Å²) in [4.78, 5) is 0. The van der Waals surface area contributed by atoms with Crippen molar-refractivity contribution in [1.82, 2.24) is 0 Å². The van der Waals surface area contributed by atoms with E-state index in [2.05, 4.69) is 0 Å². The molecule has 100 valence electrons. The fourth-order valence-electron chi connectivity index (χ4n) is 2.27. The maximum atomic E-state index is 13.0. The average molecular weight is 258 g/mol. The van der Waals surface area contributed by atoms with Crippen LogP contribution in [0.5, 0.6) is 0 Å². The summed E-state index contributed by atoms with van der Waals surface area (Å²) in [7, 11) is 0. The van der Waals surface area contributed by atoms with E-state index < -0.39 is 6.10 Å². The quantitative estimate of drug-likeness (QED) is 0.883. The molecule has 0 aliphatic carbocycles. The Morgan fingerprint density at radius 2 is 1.79 bits per heavy atom. The average Bonchev–Trinajstić information content (AvgIpc) is 2.42. The highest BCUT2D eigenvalue weighted by Crippen LogP contribution is 2.23. The Morgan fingerprint density at radius 3 is 2.42 bits per heavy atom. The van der Waals surface area contributed by atoms with Gasteiger partial charge < -0.3 is 5.11 Å². The highest BCUT2D eigenvalue weighted by Gasteiger charge is 2.17. The van der Waals surface area contributed by atoms with Crippen molar-refractivity contribution in [2.75, 3.05) is 0 Å². The molecule has 0 aliphatic rings. The summed E-state index contributed by atoms with van der Waals surface area (Å²) < 4.78 is 13.0. The first kappa shape index (κ1) is 13.8. The number of halogens is 1. The van der Waals surface area contributed by atoms with Crippen LogP contribution in [0.4, 0.5) is 4.39 Å². The molecular weight excluding hydrogens is 239 g/mol. The van der Waals surface area contributed by atoms with Crippen LogP contribution in [0.3, 0.4) is 0 Å². The van der Waals surface area contributed by atoms with Crippen LogP contribution in [0.1, 0.15) is 29.5 Å². The fraction of sp³-hybridized carbons (Fsp3) is 0.294. The topological polar surface area (TPSA) is 20.2 Å². The van der Waals surface area contributed by atoms with Crippen molar-refractivity contribution >= 4 is 0 Å². The third-order valence-electron chi connectivity index (χ3n) is 3.64. The number of aryl methyl sites for hydroxylation is 1. The van der Waals surface area contributed by atoms with E-state index >= 15 is 0 Å². The minimum absolute atomic E-state index is 0.0608. The second-order valence-electron chi connectivity index (χ2n) is 5.04. The van der Waals surface area contributed by atoms with Gasteiger partial charge in [-0.05, 0) is 42.2 Å². The molecule has 2 heteroatoms. The Morgan fingerprint density at radius 1 is 1.11 bits per heavy atom. The number of hydrogen-bond donors (Lipinski definition) is 1. The highest BCUT2D eigenvalue weighted by molar-refractivity contribution is 5.28. The van der Waals surface area contributed by atoms with E-state index in [1.54, 1.807) is 6.07 Å². The molecule has 1 nitrogen and oxygen atoms in total. The predicted molar refractivity (Wildman–Crippen MR) is 75.7 cm³/mol. The molecule has 0 heterocycles. The number of rotatable bonds is 4. The second-order valence-corrected chi connectivity index (χ2v) is 5.04. The molecule has 0 bridgehead atoms. The lowest BCUT2D eigenvalue weighted by Crippen LogP contribution is -2.19. The van der Waals surface area contributed by atoms with Gasteiger partial charge in [0.05, 0.1) is 6.10 Å². The molecule has 1 N–H and O–H groups in total. The Bertz CT molecular complexity index is 536. The van der Waals surface area contributed by atoms with Crippen molar-refractivity contribution in [3.05, 3.63) is 71.0 Å². The molecule has 0 aliphatic heterocycles. The molecule has 19 heavy (non-hydrogen) atoms. The van der Waals surface area contributed by atoms with E-state index in [0.29, 0.717) is 6.42 Å². The second kappa shape index (κ2) is 5.98. The summed E-state index contributed by atoms with van der Waals surface area (Å²) in [5.41, 5.74) is 3.01. The molecule has 0 saturated heterocycles. The van der Waals surface area contributed by atoms with Gasteiger partial charge in [0.25, 0.3) is 0 Å². The molecule has 0 fully saturated rings. The molecule has 2 aromatic carbocycles. The van der Waals surface area contributed by atoms with Crippen molar-refractivity contribution < 1.29 is 9.50 Å². The molecule has 0 saturated carbocycles. The summed E-state index contributed by atoms with van der Waals surface area (Å²) >= 11 is 0. The van der Waals surface area contributed by atoms with E-state index in [0.717, 1.165) is 16.7 Å². The number of aliphatic hydroxyl groups is 1. The van der Waals surface area contributed by atoms with Gasteiger partial charge >= 0.3 is 0 Å². The Hall–Kier alpha value is -1.67. The monoisotopic (exact) mass is 258 g/mol. The van der Waals surface area contributed by atoms with Crippen LogP contribution in [0.25, 0.3) is 0 Å². The normalized spacial score (nSPS) is 14.1. The van der Waals surface area contributed by atoms with E-state index in [-0.39, 0.29) is 11.7 Å². The van der Waals surface area contributed by atoms with Crippen LogP contribution in [-0.2, 0) is 6.42 Å². The van der Waals surface area contributed by atoms with Crippen molar-refractivity contribution in [3.63, 3.8) is 0 Å². The summed E-state index contributed by atoms with van der Waals surface area (Å²) in [5, 5.41) is 10.3. The predicted octanol–water partition coefficient (Wildman–Crippen LogP) is 3.84. The summed E-state index contributed by atoms with van der Waals surface area (Å²) in [6.07, 6.45) is 0.0777. The molecular formula is C17H19FO. The van der Waals surface area contributed by atoms with Crippen molar-refractivity contribution in [2.45, 2.75) is 32.3 Å². The largest absolute Gasteiger partial charge is 0.392 e. The van der Waals surface area contributed by atoms with Crippen LogP contribution in [-0.4, -0.2) is 11.2 Å². The molecule has 2 rings (SSSR count). The summed E-state index contributed by atoms with van der Waals surface area (Å²) in [6.45, 7) is 3.89. The van der Waals surface area contributed by atoms with Crippen molar-refractivity contribution in [3.8, 4) is 0 Å². The fourth-order valence-corrected chi connectivity index (χ4v) is 2.27. The summed E-state index contributed by atoms with van der Waals surface area (Å²) in [6, 6.07) is 14.7. The first-order valence-corrected chi connectivity index (χ1v) is 6.56. The van der Waals surface area contributed by atoms with Crippen LogP contribution < -0.4 is 0 Å². The molecule has 0 amide bonds. The van der Waals surface area contributed by atoms with Crippen LogP contribution in [0, 0.1) is 12.7 Å². The van der Waals surface area contributed by atoms with Gasteiger partial charge in [-0.2, -0.15) is 0 Å². The standard InChI is InChI=1S/C17H19FO/c1-12-10-16(18)9-8-15(12)11-17(19)13(2)14-6-4-3-5-7-14/h3-10,13,17,19H,11H2,1-2H3. The van der Waals surface area contributed by atoms with Gasteiger partial charge in [-0.25, -0.2) is 4.39 Å². The van der Waals surface area contributed by atoms with Crippen molar-refractivity contribution in [1.29, 1.82) is 0 Å². The Kier molecular flexibility index (Phi) is 4.33. The van der Waals surface area contributed by atoms with Gasteiger partial charge in [0.1, 0.15) is 5.82 Å². The SMILES string of the molecule is Cc1cc(F)ccc1CC(O)C(C)c1ccccc1. The van der Waals surface area contributed by atoms with Gasteiger partial charge in [-0.15, -0.1) is 0 Å². The van der Waals surface area contributed by atoms with Gasteiger partial charge in [-0.1, -0.05) is 43.3 Å². The van der Waals surface area contributed by atoms with E-state index in [4.69, 9.17) is 0 Å². The zero-order valence-electron chi connectivity index (χ0n) is 11.3. The maximum absolute atomic E-state index is 13.0. The minimum atomic E-state index is -0.466. The molecule has 2 atom stereocenters. The van der Waals surface area contributed by atoms with Crippen LogP contribution >= 0.6 is 0 Å². The Balaban J connectivity index is 2.10. The summed E-state index contributed by atoms with van der Waals surface area (Å²) in [5.74, 6) is -0.169. The minimum Gasteiger partial charge on any atom is -0.392 e. The highest BCUT2D eigenvalue weighted by atomic mass is 19.1. The lowest BCUT2D eigenvalue weighted by atomic mass is 9.90. The zero-order valence-corrected chi connectivity index (χ0v) is 11.3. The molecule has 2 aromatic rings. The first-order chi connectivity index (χ1) is 9.08. The number of hydrogen-bond acceptors (Lipinski definition) is 1. The molecule has 0 radical (unpaired) electrons. The third-order valence-corrected chi connectivity index (χ3v) is 3.64. The maximum Gasteiger partial charge on any atom is 0.123 e. The van der Waals surface area contributed by atoms with Crippen LogP contribution in [0.2, 0.25) is 0 Å². The van der Waals surface area contributed by atoms with Crippen LogP contribution in [0.15, 0.2) is 48.5 Å². The zero-order chi connectivity index (χ0) is 13.8. The Labute approximate surface area is 113 Å². The molecule has 0 aromatic heterocycles. The van der Waals surface area contributed by atoms with Gasteiger partial charge in [0.15, 0.2) is 0 Å². The number of benzene rings is 2. The van der Waals surface area contributed by atoms with Crippen molar-refractivity contribution in [2.24, 2.45) is 0 Å². The smallest absolute Gasteiger partial charge is 0.123 e. The van der Waals surface area contributed by atoms with E-state index in [1.807, 2.05) is 44.2 Å². The van der Waals surface area contributed by atoms with E-state index in [1.165, 1.54) is 12.1 Å². The van der Waals surface area contributed by atoms with Gasteiger partial charge in [-0.3, -0.25) is 0 Å². The van der Waals surface area contributed by atoms with E-state index in [9.17, 15) is 9.50 Å².